The Kier molecular flexibility index (Phi) is 7.69. The van der Waals surface area contributed by atoms with Gasteiger partial charge in [0.2, 0.25) is 0 Å². The van der Waals surface area contributed by atoms with Gasteiger partial charge in [-0.1, -0.05) is 19.3 Å². The average Bonchev–Trinajstić information content (AvgIpc) is 2.63. The summed E-state index contributed by atoms with van der Waals surface area (Å²) in [6.45, 7) is 1.87. The molecule has 1 spiro atoms. The Morgan fingerprint density at radius 1 is 1.27 bits per heavy atom. The first kappa shape index (κ1) is 21.4. The summed E-state index contributed by atoms with van der Waals surface area (Å²) in [6.07, 6.45) is 9.25. The molecule has 2 heterocycles. The standard InChI is InChI=1S/C18H28N4O2S.HI/c1-19-17(21-12-7-16-5-10-20-11-6-16)22-13-14-25(23,24)18(15-22)8-3-2-4-9-18;/h5-6,10-11H,2-4,7-9,12-15H2,1H3,(H,19,21);1H. The van der Waals surface area contributed by atoms with Gasteiger partial charge >= 0.3 is 0 Å². The number of rotatable bonds is 3. The molecule has 1 saturated carbocycles. The van der Waals surface area contributed by atoms with E-state index in [0.29, 0.717) is 13.1 Å². The summed E-state index contributed by atoms with van der Waals surface area (Å²) >= 11 is 0. The fraction of sp³-hybridized carbons (Fsp3) is 0.667. The van der Waals surface area contributed by atoms with Gasteiger partial charge in [0.15, 0.2) is 15.8 Å². The number of aromatic nitrogens is 1. The highest BCUT2D eigenvalue weighted by atomic mass is 127. The van der Waals surface area contributed by atoms with Gasteiger partial charge in [-0.05, 0) is 37.0 Å². The van der Waals surface area contributed by atoms with Gasteiger partial charge in [-0.15, -0.1) is 24.0 Å². The maximum Gasteiger partial charge on any atom is 0.193 e. The summed E-state index contributed by atoms with van der Waals surface area (Å²) in [5, 5.41) is 3.40. The Morgan fingerprint density at radius 2 is 1.96 bits per heavy atom. The van der Waals surface area contributed by atoms with Crippen LogP contribution in [-0.2, 0) is 16.3 Å². The summed E-state index contributed by atoms with van der Waals surface area (Å²) in [4.78, 5) is 10.6. The average molecular weight is 492 g/mol. The van der Waals surface area contributed by atoms with Gasteiger partial charge in [0.05, 0.1) is 10.5 Å². The predicted molar refractivity (Wildman–Crippen MR) is 116 cm³/mol. The van der Waals surface area contributed by atoms with Crippen molar-refractivity contribution in [1.29, 1.82) is 0 Å². The second kappa shape index (κ2) is 9.34. The molecular formula is C18H29IN4O2S. The van der Waals surface area contributed by atoms with Crippen molar-refractivity contribution in [2.45, 2.75) is 43.3 Å². The van der Waals surface area contributed by atoms with Crippen LogP contribution in [0.5, 0.6) is 0 Å². The van der Waals surface area contributed by atoms with Crippen LogP contribution in [0.1, 0.15) is 37.7 Å². The molecule has 0 amide bonds. The minimum absolute atomic E-state index is 0. The summed E-state index contributed by atoms with van der Waals surface area (Å²) in [5.74, 6) is 1.05. The van der Waals surface area contributed by atoms with Gasteiger partial charge in [-0.3, -0.25) is 9.98 Å². The van der Waals surface area contributed by atoms with Crippen LogP contribution in [-0.4, -0.2) is 61.4 Å². The first-order valence-corrected chi connectivity index (χ1v) is 10.8. The molecule has 6 nitrogen and oxygen atoms in total. The number of pyridine rings is 1. The zero-order valence-electron chi connectivity index (χ0n) is 15.4. The Hall–Kier alpha value is -0.900. The van der Waals surface area contributed by atoms with Crippen molar-refractivity contribution in [2.75, 3.05) is 32.4 Å². The lowest BCUT2D eigenvalue weighted by atomic mass is 9.87. The van der Waals surface area contributed by atoms with E-state index in [1.54, 1.807) is 19.4 Å². The first-order chi connectivity index (χ1) is 12.1. The lowest BCUT2D eigenvalue weighted by Crippen LogP contribution is -2.60. The van der Waals surface area contributed by atoms with Gasteiger partial charge in [-0.25, -0.2) is 8.42 Å². The molecule has 1 aromatic rings. The monoisotopic (exact) mass is 492 g/mol. The maximum atomic E-state index is 12.7. The number of sulfone groups is 1. The first-order valence-electron chi connectivity index (χ1n) is 9.13. The summed E-state index contributed by atoms with van der Waals surface area (Å²) in [7, 11) is -1.25. The van der Waals surface area contributed by atoms with Crippen molar-refractivity contribution in [2.24, 2.45) is 4.99 Å². The molecule has 0 unspecified atom stereocenters. The third-order valence-electron chi connectivity index (χ3n) is 5.49. The predicted octanol–water partition coefficient (Wildman–Crippen LogP) is 2.25. The number of nitrogens with one attached hydrogen (secondary N) is 1. The molecule has 1 aliphatic carbocycles. The fourth-order valence-electron chi connectivity index (χ4n) is 4.02. The lowest BCUT2D eigenvalue weighted by Gasteiger charge is -2.45. The van der Waals surface area contributed by atoms with Crippen molar-refractivity contribution in [3.05, 3.63) is 30.1 Å². The van der Waals surface area contributed by atoms with E-state index in [4.69, 9.17) is 0 Å². The second-order valence-electron chi connectivity index (χ2n) is 7.06. The minimum Gasteiger partial charge on any atom is -0.356 e. The molecule has 146 valence electrons. The largest absolute Gasteiger partial charge is 0.356 e. The van der Waals surface area contributed by atoms with Gasteiger partial charge in [0, 0.05) is 39.1 Å². The Balaban J connectivity index is 0.00000243. The van der Waals surface area contributed by atoms with E-state index in [-0.39, 0.29) is 29.7 Å². The molecule has 1 aliphatic heterocycles. The van der Waals surface area contributed by atoms with Crippen LogP contribution in [0.2, 0.25) is 0 Å². The molecule has 0 radical (unpaired) electrons. The molecule has 26 heavy (non-hydrogen) atoms. The molecule has 1 saturated heterocycles. The molecule has 2 aliphatic rings. The van der Waals surface area contributed by atoms with Crippen LogP contribution in [0.25, 0.3) is 0 Å². The zero-order chi connectivity index (χ0) is 17.8. The van der Waals surface area contributed by atoms with E-state index < -0.39 is 14.6 Å². The van der Waals surface area contributed by atoms with E-state index >= 15 is 0 Å². The summed E-state index contributed by atoms with van der Waals surface area (Å²) in [5.41, 5.74) is 1.22. The molecule has 0 atom stereocenters. The highest BCUT2D eigenvalue weighted by Crippen LogP contribution is 2.38. The van der Waals surface area contributed by atoms with Crippen molar-refractivity contribution >= 4 is 39.8 Å². The van der Waals surface area contributed by atoms with Crippen molar-refractivity contribution < 1.29 is 8.42 Å². The Morgan fingerprint density at radius 3 is 2.62 bits per heavy atom. The van der Waals surface area contributed by atoms with E-state index in [1.165, 1.54) is 5.56 Å². The highest BCUT2D eigenvalue weighted by molar-refractivity contribution is 14.0. The fourth-order valence-corrected chi connectivity index (χ4v) is 6.18. The number of halogens is 1. The molecule has 0 aromatic carbocycles. The molecule has 2 fully saturated rings. The van der Waals surface area contributed by atoms with Crippen molar-refractivity contribution in [3.8, 4) is 0 Å². The third kappa shape index (κ3) is 4.68. The molecule has 1 N–H and O–H groups in total. The summed E-state index contributed by atoms with van der Waals surface area (Å²) in [6, 6.07) is 4.02. The van der Waals surface area contributed by atoms with Gasteiger partial charge < -0.3 is 10.2 Å². The van der Waals surface area contributed by atoms with Crippen LogP contribution >= 0.6 is 24.0 Å². The number of aliphatic imine (C=N–C) groups is 1. The maximum absolute atomic E-state index is 12.7. The summed E-state index contributed by atoms with van der Waals surface area (Å²) < 4.78 is 24.9. The van der Waals surface area contributed by atoms with Crippen molar-refractivity contribution in [1.82, 2.24) is 15.2 Å². The van der Waals surface area contributed by atoms with Crippen LogP contribution in [0.15, 0.2) is 29.5 Å². The Labute approximate surface area is 173 Å². The van der Waals surface area contributed by atoms with Gasteiger partial charge in [0.25, 0.3) is 0 Å². The number of nitrogens with zero attached hydrogens (tertiary/aromatic N) is 3. The molecule has 1 aromatic heterocycles. The van der Waals surface area contributed by atoms with E-state index in [1.807, 2.05) is 12.1 Å². The topological polar surface area (TPSA) is 74.7 Å². The van der Waals surface area contributed by atoms with Crippen LogP contribution in [0.3, 0.4) is 0 Å². The number of guanidine groups is 1. The number of hydrogen-bond donors (Lipinski definition) is 1. The SMILES string of the molecule is CN=C(NCCc1ccncc1)N1CCS(=O)(=O)C2(CCCCC2)C1.I. The quantitative estimate of drug-likeness (QED) is 0.398. The third-order valence-corrected chi connectivity index (χ3v) is 8.07. The smallest absolute Gasteiger partial charge is 0.193 e. The van der Waals surface area contributed by atoms with E-state index in [2.05, 4.69) is 20.2 Å². The highest BCUT2D eigenvalue weighted by Gasteiger charge is 2.48. The van der Waals surface area contributed by atoms with Crippen LogP contribution < -0.4 is 5.32 Å². The Bertz CT molecular complexity index is 703. The van der Waals surface area contributed by atoms with Crippen molar-refractivity contribution in [3.63, 3.8) is 0 Å². The van der Waals surface area contributed by atoms with Crippen LogP contribution in [0, 0.1) is 0 Å². The minimum atomic E-state index is -3.02. The van der Waals surface area contributed by atoms with E-state index in [0.717, 1.165) is 51.0 Å². The lowest BCUT2D eigenvalue weighted by molar-refractivity contribution is 0.274. The molecule has 8 heteroatoms. The molecular weight excluding hydrogens is 463 g/mol. The second-order valence-corrected chi connectivity index (χ2v) is 9.57. The molecule has 0 bridgehead atoms. The zero-order valence-corrected chi connectivity index (χ0v) is 18.5. The normalized spacial score (nSPS) is 21.9. The van der Waals surface area contributed by atoms with Gasteiger partial charge in [0.1, 0.15) is 0 Å². The van der Waals surface area contributed by atoms with Crippen LogP contribution in [0.4, 0.5) is 0 Å². The van der Waals surface area contributed by atoms with Gasteiger partial charge in [-0.2, -0.15) is 0 Å². The number of hydrogen-bond acceptors (Lipinski definition) is 4. The molecule has 3 rings (SSSR count). The van der Waals surface area contributed by atoms with E-state index in [9.17, 15) is 8.42 Å².